The molecule has 156 valence electrons. The van der Waals surface area contributed by atoms with Crippen LogP contribution in [0.5, 0.6) is 0 Å². The summed E-state index contributed by atoms with van der Waals surface area (Å²) >= 11 is 1.34. The molecule has 1 aromatic rings. The maximum Gasteiger partial charge on any atom is 0.306 e. The lowest BCUT2D eigenvalue weighted by molar-refractivity contribution is -0.298. The van der Waals surface area contributed by atoms with Gasteiger partial charge in [0.25, 0.3) is 0 Å². The molecule has 0 radical (unpaired) electrons. The molecule has 3 rings (SSSR count). The zero-order valence-electron chi connectivity index (χ0n) is 16.2. The highest BCUT2D eigenvalue weighted by Gasteiger charge is 2.51. The number of ketones is 1. The van der Waals surface area contributed by atoms with Gasteiger partial charge in [0.1, 0.15) is 35.6 Å². The average molecular weight is 421 g/mol. The normalized spacial score (nSPS) is 31.2. The van der Waals surface area contributed by atoms with E-state index in [0.717, 1.165) is 5.56 Å². The molecule has 1 aromatic carbocycles. The first-order valence-corrected chi connectivity index (χ1v) is 10.6. The van der Waals surface area contributed by atoms with Crippen LogP contribution in [-0.4, -0.2) is 54.4 Å². The minimum atomic E-state index is -0.837. The third-order valence-electron chi connectivity index (χ3n) is 4.75. The highest BCUT2D eigenvalue weighted by atomic mass is 32.2. The number of rotatable bonds is 7. The molecule has 2 saturated heterocycles. The van der Waals surface area contributed by atoms with Gasteiger partial charge in [-0.25, -0.2) is 0 Å². The van der Waals surface area contributed by atoms with Crippen LogP contribution in [-0.2, 0) is 28.5 Å². The summed E-state index contributed by atoms with van der Waals surface area (Å²) in [4.78, 5) is 26.3. The van der Waals surface area contributed by atoms with Crippen LogP contribution in [0.25, 0.3) is 10.4 Å². The Kier molecular flexibility index (Phi) is 7.51. The van der Waals surface area contributed by atoms with E-state index in [1.54, 1.807) is 0 Å². The van der Waals surface area contributed by atoms with Gasteiger partial charge in [0.2, 0.25) is 0 Å². The number of esters is 1. The molecule has 9 nitrogen and oxygen atoms in total. The van der Waals surface area contributed by atoms with Gasteiger partial charge < -0.3 is 23.7 Å². The van der Waals surface area contributed by atoms with Crippen LogP contribution in [0.2, 0.25) is 0 Å². The van der Waals surface area contributed by atoms with E-state index < -0.39 is 42.0 Å². The van der Waals surface area contributed by atoms with Gasteiger partial charge in [-0.3, -0.25) is 4.79 Å². The molecule has 2 aliphatic rings. The Morgan fingerprint density at radius 3 is 2.69 bits per heavy atom. The summed E-state index contributed by atoms with van der Waals surface area (Å²) < 4.78 is 23.5. The van der Waals surface area contributed by atoms with Gasteiger partial charge in [-0.15, -0.1) is 11.8 Å². The lowest BCUT2D eigenvalue weighted by Gasteiger charge is -2.47. The van der Waals surface area contributed by atoms with Crippen molar-refractivity contribution in [3.8, 4) is 0 Å². The Labute approximate surface area is 172 Å². The number of carbonyl (C=O) groups is 2. The highest BCUT2D eigenvalue weighted by Crippen LogP contribution is 2.38. The first-order valence-electron chi connectivity index (χ1n) is 9.27. The average Bonchev–Trinajstić information content (AvgIpc) is 2.74. The summed E-state index contributed by atoms with van der Waals surface area (Å²) in [6, 6.07) is 8.61. The maximum absolute atomic E-state index is 12.2. The van der Waals surface area contributed by atoms with Gasteiger partial charge in [-0.2, -0.15) is 0 Å². The number of azide groups is 1. The zero-order chi connectivity index (χ0) is 20.8. The molecular weight excluding hydrogens is 398 g/mol. The Hall–Kier alpha value is -2.10. The minimum Gasteiger partial charge on any atom is -0.458 e. The molecule has 0 bridgehead atoms. The van der Waals surface area contributed by atoms with Crippen LogP contribution in [0, 0.1) is 0 Å². The van der Waals surface area contributed by atoms with Crippen molar-refractivity contribution in [2.45, 2.75) is 55.8 Å². The summed E-state index contributed by atoms with van der Waals surface area (Å²) in [5, 5.41) is 3.89. The molecule has 0 saturated carbocycles. The second-order valence-corrected chi connectivity index (χ2v) is 7.74. The van der Waals surface area contributed by atoms with Crippen molar-refractivity contribution in [1.29, 1.82) is 0 Å². The Morgan fingerprint density at radius 2 is 2.03 bits per heavy atom. The lowest BCUT2D eigenvalue weighted by Crippen LogP contribution is -2.61. The van der Waals surface area contributed by atoms with Crippen LogP contribution in [0.1, 0.15) is 31.6 Å². The fraction of sp³-hybridized carbons (Fsp3) is 0.579. The summed E-state index contributed by atoms with van der Waals surface area (Å²) in [5.41, 5.74) is 9.40. The third kappa shape index (κ3) is 5.29. The van der Waals surface area contributed by atoms with E-state index in [-0.39, 0.29) is 25.2 Å². The molecule has 0 spiro atoms. The number of carbonyl (C=O) groups excluding carboxylic acids is 2. The first kappa shape index (κ1) is 21.6. The molecular formula is C19H23N3O6S. The fourth-order valence-corrected chi connectivity index (χ4v) is 4.08. The van der Waals surface area contributed by atoms with Crippen molar-refractivity contribution in [1.82, 2.24) is 0 Å². The number of fused-ring (bicyclic) bond motifs is 1. The van der Waals surface area contributed by atoms with Crippen molar-refractivity contribution in [2.24, 2.45) is 5.11 Å². The summed E-state index contributed by atoms with van der Waals surface area (Å²) in [5.74, 6) is -0.649. The SMILES string of the molecule is CS[C@@H]1OC2COC(c3ccccc3)O[C@@H]2[C@H](N=[N+]=[N-])C1OC(=O)CCC(C)=O. The van der Waals surface area contributed by atoms with Crippen LogP contribution in [0.3, 0.4) is 0 Å². The molecule has 0 N–H and O–H groups in total. The summed E-state index contributed by atoms with van der Waals surface area (Å²) in [6.45, 7) is 1.67. The largest absolute Gasteiger partial charge is 0.458 e. The van der Waals surface area contributed by atoms with E-state index >= 15 is 0 Å². The van der Waals surface area contributed by atoms with Crippen LogP contribution >= 0.6 is 11.8 Å². The number of hydrogen-bond donors (Lipinski definition) is 0. The zero-order valence-corrected chi connectivity index (χ0v) is 17.0. The number of Topliss-reactive ketones (excluding diaryl/α,β-unsaturated/α-hetero) is 1. The van der Waals surface area contributed by atoms with Crippen molar-refractivity contribution in [2.75, 3.05) is 12.9 Å². The van der Waals surface area contributed by atoms with E-state index in [4.69, 9.17) is 24.5 Å². The molecule has 10 heteroatoms. The molecule has 0 aliphatic carbocycles. The van der Waals surface area contributed by atoms with E-state index in [0.29, 0.717) is 0 Å². The predicted octanol–water partition coefficient (Wildman–Crippen LogP) is 3.15. The quantitative estimate of drug-likeness (QED) is 0.287. The molecule has 2 heterocycles. The van der Waals surface area contributed by atoms with E-state index in [2.05, 4.69) is 10.0 Å². The second kappa shape index (κ2) is 10.1. The van der Waals surface area contributed by atoms with Crippen molar-refractivity contribution in [3.05, 3.63) is 46.3 Å². The van der Waals surface area contributed by atoms with Gasteiger partial charge in [0.05, 0.1) is 13.0 Å². The molecule has 0 amide bonds. The highest BCUT2D eigenvalue weighted by molar-refractivity contribution is 7.99. The minimum absolute atomic E-state index is 0.0410. The molecule has 29 heavy (non-hydrogen) atoms. The second-order valence-electron chi connectivity index (χ2n) is 6.81. The maximum atomic E-state index is 12.2. The Morgan fingerprint density at radius 1 is 1.28 bits per heavy atom. The van der Waals surface area contributed by atoms with Crippen molar-refractivity contribution >= 4 is 23.5 Å². The Bertz CT molecular complexity index is 772. The number of ether oxygens (including phenoxy) is 4. The van der Waals surface area contributed by atoms with Gasteiger partial charge in [-0.1, -0.05) is 35.4 Å². The molecule has 3 unspecified atom stereocenters. The number of nitrogens with zero attached hydrogens (tertiary/aromatic N) is 3. The summed E-state index contributed by atoms with van der Waals surface area (Å²) in [7, 11) is 0. The van der Waals surface area contributed by atoms with Crippen molar-refractivity contribution < 1.29 is 28.5 Å². The van der Waals surface area contributed by atoms with Crippen molar-refractivity contribution in [3.63, 3.8) is 0 Å². The summed E-state index contributed by atoms with van der Waals surface area (Å²) in [6.07, 6.45) is -0.719. The molecule has 6 atom stereocenters. The topological polar surface area (TPSA) is 120 Å². The number of benzene rings is 1. The standard InChI is InChI=1S/C19H23N3O6S/c1-11(23)8-9-14(24)27-17-15(21-22-20)16-13(26-19(17)29-2)10-25-18(28-16)12-6-4-3-5-7-12/h3-7,13,15-19H,8-10H2,1-2H3/t13?,15-,16-,17?,18?,19-/m0/s1. The van der Waals surface area contributed by atoms with E-state index in [1.165, 1.54) is 18.7 Å². The first-order chi connectivity index (χ1) is 14.0. The van der Waals surface area contributed by atoms with Gasteiger partial charge in [-0.05, 0) is 18.7 Å². The van der Waals surface area contributed by atoms with Crippen LogP contribution < -0.4 is 0 Å². The molecule has 2 aliphatic heterocycles. The Balaban J connectivity index is 1.79. The molecule has 0 aromatic heterocycles. The monoisotopic (exact) mass is 421 g/mol. The fourth-order valence-electron chi connectivity index (χ4n) is 3.34. The third-order valence-corrected chi connectivity index (χ3v) is 5.59. The molecule has 2 fully saturated rings. The van der Waals surface area contributed by atoms with Crippen LogP contribution in [0.4, 0.5) is 0 Å². The van der Waals surface area contributed by atoms with E-state index in [9.17, 15) is 9.59 Å². The lowest BCUT2D eigenvalue weighted by atomic mass is 9.96. The smallest absolute Gasteiger partial charge is 0.306 e. The van der Waals surface area contributed by atoms with Crippen LogP contribution in [0.15, 0.2) is 35.4 Å². The van der Waals surface area contributed by atoms with Gasteiger partial charge >= 0.3 is 5.97 Å². The number of thioether (sulfide) groups is 1. The van der Waals surface area contributed by atoms with E-state index in [1.807, 2.05) is 36.6 Å². The number of hydrogen-bond acceptors (Lipinski definition) is 8. The van der Waals surface area contributed by atoms with Gasteiger partial charge in [0, 0.05) is 16.9 Å². The van der Waals surface area contributed by atoms with Gasteiger partial charge in [0.15, 0.2) is 6.29 Å². The predicted molar refractivity (Wildman–Crippen MR) is 105 cm³/mol.